The summed E-state index contributed by atoms with van der Waals surface area (Å²) in [7, 11) is 0. The highest BCUT2D eigenvalue weighted by atomic mass is 16.3. The number of aryl methyl sites for hydroxylation is 2. The molecular weight excluding hydrogens is 378 g/mol. The maximum Gasteiger partial charge on any atom is 0.264 e. The van der Waals surface area contributed by atoms with E-state index in [2.05, 4.69) is 21.1 Å². The van der Waals surface area contributed by atoms with Gasteiger partial charge in [0.05, 0.1) is 24.1 Å². The van der Waals surface area contributed by atoms with Gasteiger partial charge in [0.25, 0.3) is 5.56 Å². The first-order chi connectivity index (χ1) is 14.6. The van der Waals surface area contributed by atoms with Crippen molar-refractivity contribution in [1.82, 2.24) is 24.3 Å². The highest BCUT2D eigenvalue weighted by Gasteiger charge is 2.14. The van der Waals surface area contributed by atoms with Crippen molar-refractivity contribution in [2.24, 2.45) is 0 Å². The van der Waals surface area contributed by atoms with Crippen LogP contribution in [0.5, 0.6) is 0 Å². The lowest BCUT2D eigenvalue weighted by atomic mass is 10.1. The first kappa shape index (κ1) is 18.1. The van der Waals surface area contributed by atoms with E-state index in [-0.39, 0.29) is 12.1 Å². The predicted molar refractivity (Wildman–Crippen MR) is 114 cm³/mol. The van der Waals surface area contributed by atoms with Crippen molar-refractivity contribution in [3.8, 4) is 17.1 Å². The molecule has 0 aliphatic rings. The molecule has 30 heavy (non-hydrogen) atoms. The average molecular weight is 397 g/mol. The zero-order valence-electron chi connectivity index (χ0n) is 16.6. The Hall–Kier alpha value is -4.00. The Kier molecular flexibility index (Phi) is 4.28. The third kappa shape index (κ3) is 3.10. The van der Waals surface area contributed by atoms with Crippen LogP contribution in [0.2, 0.25) is 0 Å². The van der Waals surface area contributed by atoms with Gasteiger partial charge in [-0.3, -0.25) is 9.36 Å². The van der Waals surface area contributed by atoms with Crippen LogP contribution in [0, 0.1) is 13.8 Å². The fraction of sp³-hybridized carbons (Fsp3) is 0.130. The zero-order chi connectivity index (χ0) is 20.7. The number of nitrogens with zero attached hydrogens (tertiary/aromatic N) is 5. The van der Waals surface area contributed by atoms with E-state index in [1.54, 1.807) is 17.1 Å². The van der Waals surface area contributed by atoms with Gasteiger partial charge in [-0.2, -0.15) is 5.10 Å². The van der Waals surface area contributed by atoms with Gasteiger partial charge < -0.3 is 4.42 Å². The van der Waals surface area contributed by atoms with Gasteiger partial charge in [-0.15, -0.1) is 0 Å². The van der Waals surface area contributed by atoms with E-state index >= 15 is 0 Å². The molecule has 3 aromatic heterocycles. The first-order valence-corrected chi connectivity index (χ1v) is 9.61. The molecule has 2 aromatic carbocycles. The van der Waals surface area contributed by atoms with Gasteiger partial charge in [0, 0.05) is 5.56 Å². The molecule has 0 spiro atoms. The molecule has 0 aliphatic carbocycles. The number of hydrogen-bond donors (Lipinski definition) is 0. The molecule has 0 saturated heterocycles. The number of aromatic nitrogens is 5. The van der Waals surface area contributed by atoms with Crippen molar-refractivity contribution in [2.45, 2.75) is 20.4 Å². The summed E-state index contributed by atoms with van der Waals surface area (Å²) in [6.45, 7) is 4.35. The fourth-order valence-electron chi connectivity index (χ4n) is 3.55. The molecule has 0 N–H and O–H groups in total. The Balaban J connectivity index is 1.47. The van der Waals surface area contributed by atoms with Crippen molar-refractivity contribution in [1.29, 1.82) is 0 Å². The zero-order valence-corrected chi connectivity index (χ0v) is 16.6. The Morgan fingerprint density at radius 2 is 1.90 bits per heavy atom. The molecule has 0 aliphatic heterocycles. The highest BCUT2D eigenvalue weighted by Crippen LogP contribution is 2.23. The number of rotatable bonds is 4. The molecule has 3 heterocycles. The number of fused-ring (bicyclic) bond motifs is 1. The summed E-state index contributed by atoms with van der Waals surface area (Å²) in [5.41, 5.74) is 5.09. The van der Waals surface area contributed by atoms with Crippen molar-refractivity contribution in [2.75, 3.05) is 0 Å². The van der Waals surface area contributed by atoms with E-state index in [1.807, 2.05) is 56.3 Å². The average Bonchev–Trinajstić information content (AvgIpc) is 3.38. The van der Waals surface area contributed by atoms with Gasteiger partial charge in [0.15, 0.2) is 5.65 Å². The second-order valence-corrected chi connectivity index (χ2v) is 7.27. The summed E-state index contributed by atoms with van der Waals surface area (Å²) in [4.78, 5) is 22.0. The summed E-state index contributed by atoms with van der Waals surface area (Å²) < 4.78 is 8.85. The predicted octanol–water partition coefficient (Wildman–Crippen LogP) is 3.90. The fourth-order valence-corrected chi connectivity index (χ4v) is 3.55. The number of oxazole rings is 1. The summed E-state index contributed by atoms with van der Waals surface area (Å²) in [6.07, 6.45) is 4.66. The third-order valence-corrected chi connectivity index (χ3v) is 5.05. The van der Waals surface area contributed by atoms with Crippen LogP contribution in [0.1, 0.15) is 16.8 Å². The summed E-state index contributed by atoms with van der Waals surface area (Å²) in [6, 6.07) is 15.7. The molecule has 0 amide bonds. The molecule has 5 rings (SSSR count). The lowest BCUT2D eigenvalue weighted by Crippen LogP contribution is -2.21. The van der Waals surface area contributed by atoms with Gasteiger partial charge >= 0.3 is 0 Å². The number of benzene rings is 2. The molecule has 7 nitrogen and oxygen atoms in total. The molecule has 7 heteroatoms. The van der Waals surface area contributed by atoms with Crippen molar-refractivity contribution < 1.29 is 4.42 Å². The van der Waals surface area contributed by atoms with Gasteiger partial charge in [-0.1, -0.05) is 35.9 Å². The minimum atomic E-state index is -0.168. The van der Waals surface area contributed by atoms with Crippen molar-refractivity contribution in [3.05, 3.63) is 94.5 Å². The molecule has 0 fully saturated rings. The smallest absolute Gasteiger partial charge is 0.264 e. The van der Waals surface area contributed by atoms with E-state index in [9.17, 15) is 4.79 Å². The van der Waals surface area contributed by atoms with Gasteiger partial charge in [-0.05, 0) is 37.6 Å². The van der Waals surface area contributed by atoms with E-state index in [1.165, 1.54) is 16.5 Å². The Bertz CT molecular complexity index is 1410. The lowest BCUT2D eigenvalue weighted by molar-refractivity contribution is 0.570. The summed E-state index contributed by atoms with van der Waals surface area (Å²) >= 11 is 0. The third-order valence-electron chi connectivity index (χ3n) is 5.05. The van der Waals surface area contributed by atoms with Crippen LogP contribution < -0.4 is 5.56 Å². The summed E-state index contributed by atoms with van der Waals surface area (Å²) in [5, 5.41) is 4.80. The maximum atomic E-state index is 13.0. The molecule has 0 atom stereocenters. The van der Waals surface area contributed by atoms with Gasteiger partial charge in [0.2, 0.25) is 5.89 Å². The Morgan fingerprint density at radius 1 is 1.07 bits per heavy atom. The largest absolute Gasteiger partial charge is 0.444 e. The van der Waals surface area contributed by atoms with Crippen LogP contribution in [0.4, 0.5) is 0 Å². The van der Waals surface area contributed by atoms with Crippen LogP contribution in [-0.4, -0.2) is 24.3 Å². The van der Waals surface area contributed by atoms with Crippen molar-refractivity contribution >= 4 is 11.0 Å². The van der Waals surface area contributed by atoms with Crippen LogP contribution >= 0.6 is 0 Å². The molecule has 5 aromatic rings. The highest BCUT2D eigenvalue weighted by molar-refractivity contribution is 5.74. The van der Waals surface area contributed by atoms with E-state index < -0.39 is 0 Å². The maximum absolute atomic E-state index is 13.0. The van der Waals surface area contributed by atoms with Crippen LogP contribution in [0.25, 0.3) is 28.2 Å². The van der Waals surface area contributed by atoms with Gasteiger partial charge in [-0.25, -0.2) is 14.6 Å². The topological polar surface area (TPSA) is 78.7 Å². The minimum absolute atomic E-state index is 0.168. The SMILES string of the molecule is Cc1ccc(-c2nc(Cn3cnc4c(cnn4-c4ccccc4)c3=O)co2)c(C)c1. The summed E-state index contributed by atoms with van der Waals surface area (Å²) in [5.74, 6) is 0.543. The van der Waals surface area contributed by atoms with E-state index in [4.69, 9.17) is 4.42 Å². The monoisotopic (exact) mass is 397 g/mol. The van der Waals surface area contributed by atoms with Crippen LogP contribution in [-0.2, 0) is 6.54 Å². The second-order valence-electron chi connectivity index (χ2n) is 7.27. The number of para-hydroxylation sites is 1. The van der Waals surface area contributed by atoms with E-state index in [0.717, 1.165) is 16.8 Å². The molecule has 0 saturated carbocycles. The normalized spacial score (nSPS) is 11.3. The van der Waals surface area contributed by atoms with Crippen LogP contribution in [0.15, 0.2) is 76.5 Å². The lowest BCUT2D eigenvalue weighted by Gasteiger charge is -2.05. The van der Waals surface area contributed by atoms with E-state index in [0.29, 0.717) is 22.6 Å². The van der Waals surface area contributed by atoms with Gasteiger partial charge in [0.1, 0.15) is 18.0 Å². The second kappa shape index (κ2) is 7.11. The number of hydrogen-bond acceptors (Lipinski definition) is 5. The first-order valence-electron chi connectivity index (χ1n) is 9.61. The molecule has 148 valence electrons. The van der Waals surface area contributed by atoms with Crippen LogP contribution in [0.3, 0.4) is 0 Å². The molecule has 0 bridgehead atoms. The van der Waals surface area contributed by atoms with Crippen molar-refractivity contribution in [3.63, 3.8) is 0 Å². The molecular formula is C23H19N5O2. The molecule has 0 radical (unpaired) electrons. The Labute approximate surface area is 172 Å². The molecule has 0 unspecified atom stereocenters. The minimum Gasteiger partial charge on any atom is -0.444 e. The standard InChI is InChI=1S/C23H19N5O2/c1-15-8-9-19(16(2)10-15)22-26-17(13-30-22)12-27-14-24-21-20(23(27)29)11-25-28(21)18-6-4-3-5-7-18/h3-11,13-14H,12H2,1-2H3. The quantitative estimate of drug-likeness (QED) is 0.460. The Morgan fingerprint density at radius 3 is 2.70 bits per heavy atom.